The van der Waals surface area contributed by atoms with Crippen LogP contribution >= 0.6 is 11.3 Å². The van der Waals surface area contributed by atoms with Gasteiger partial charge in [-0.15, -0.1) is 0 Å². The van der Waals surface area contributed by atoms with Gasteiger partial charge in [0.25, 0.3) is 5.91 Å². The Balaban J connectivity index is 1.66. The average Bonchev–Trinajstić information content (AvgIpc) is 3.31. The Morgan fingerprint density at radius 2 is 1.63 bits per heavy atom. The molecule has 0 aliphatic carbocycles. The molecular formula is C26H24N2O8S2. The number of carbonyl (C=O) groups is 2. The van der Waals surface area contributed by atoms with Crippen molar-refractivity contribution >= 4 is 48.4 Å². The van der Waals surface area contributed by atoms with Gasteiger partial charge in [0.15, 0.2) is 26.5 Å². The van der Waals surface area contributed by atoms with Crippen LogP contribution in [0.1, 0.15) is 28.9 Å². The number of carbonyl (C=O) groups excluding carboxylic acids is 1. The maximum atomic E-state index is 13.4. The number of rotatable bonds is 10. The minimum Gasteiger partial charge on any atom is -0.493 e. The molecular weight excluding hydrogens is 532 g/mol. The van der Waals surface area contributed by atoms with E-state index >= 15 is 0 Å². The number of hydrogen-bond donors (Lipinski definition) is 2. The maximum Gasteiger partial charge on any atom is 0.335 e. The lowest BCUT2D eigenvalue weighted by atomic mass is 10.1. The number of carboxylic acid groups (broad SMARTS) is 1. The first-order valence-corrected chi connectivity index (χ1v) is 13.8. The Morgan fingerprint density at radius 1 is 1.00 bits per heavy atom. The first kappa shape index (κ1) is 26.9. The van der Waals surface area contributed by atoms with Crippen LogP contribution in [-0.2, 0) is 14.6 Å². The second-order valence-electron chi connectivity index (χ2n) is 7.98. The molecule has 3 aromatic carbocycles. The van der Waals surface area contributed by atoms with E-state index in [1.54, 1.807) is 19.1 Å². The van der Waals surface area contributed by atoms with Gasteiger partial charge in [-0.25, -0.2) is 18.2 Å². The number of aromatic nitrogens is 1. The number of fused-ring (bicyclic) bond motifs is 1. The van der Waals surface area contributed by atoms with Gasteiger partial charge < -0.3 is 19.3 Å². The van der Waals surface area contributed by atoms with Gasteiger partial charge in [0.05, 0.1) is 40.6 Å². The predicted molar refractivity (Wildman–Crippen MR) is 142 cm³/mol. The second kappa shape index (κ2) is 11.1. The van der Waals surface area contributed by atoms with Crippen molar-refractivity contribution in [2.45, 2.75) is 17.9 Å². The summed E-state index contributed by atoms with van der Waals surface area (Å²) in [5.41, 5.74) is 1.05. The number of anilines is 1. The van der Waals surface area contributed by atoms with Gasteiger partial charge in [-0.1, -0.05) is 30.4 Å². The zero-order chi connectivity index (χ0) is 27.4. The van der Waals surface area contributed by atoms with Crippen molar-refractivity contribution < 1.29 is 37.3 Å². The lowest BCUT2D eigenvalue weighted by Gasteiger charge is -2.19. The highest BCUT2D eigenvalue weighted by atomic mass is 32.2. The van der Waals surface area contributed by atoms with Gasteiger partial charge in [-0.3, -0.25) is 10.1 Å². The van der Waals surface area contributed by atoms with Gasteiger partial charge in [0.1, 0.15) is 5.75 Å². The largest absolute Gasteiger partial charge is 0.493 e. The number of methoxy groups -OCH3 is 2. The summed E-state index contributed by atoms with van der Waals surface area (Å²) >= 11 is 1.23. The number of nitrogens with one attached hydrogen (secondary N) is 1. The normalized spacial score (nSPS) is 12.1. The molecule has 2 N–H and O–H groups in total. The van der Waals surface area contributed by atoms with Crippen LogP contribution in [0.2, 0.25) is 0 Å². The third-order valence-electron chi connectivity index (χ3n) is 5.64. The van der Waals surface area contributed by atoms with Crippen molar-refractivity contribution in [1.82, 2.24) is 4.98 Å². The summed E-state index contributed by atoms with van der Waals surface area (Å²) < 4.78 is 41.8. The number of ether oxygens (including phenoxy) is 3. The molecule has 4 aromatic rings. The van der Waals surface area contributed by atoms with E-state index in [0.29, 0.717) is 27.7 Å². The van der Waals surface area contributed by atoms with E-state index in [1.165, 1.54) is 74.1 Å². The highest BCUT2D eigenvalue weighted by Crippen LogP contribution is 2.36. The molecule has 12 heteroatoms. The fourth-order valence-electron chi connectivity index (χ4n) is 3.58. The molecule has 0 saturated heterocycles. The number of thiazole rings is 1. The Hall–Kier alpha value is -4.16. The van der Waals surface area contributed by atoms with Gasteiger partial charge in [0, 0.05) is 17.7 Å². The minimum atomic E-state index is -3.43. The zero-order valence-electron chi connectivity index (χ0n) is 20.6. The molecule has 1 atom stereocenters. The van der Waals surface area contributed by atoms with E-state index in [0.717, 1.165) is 4.70 Å². The van der Waals surface area contributed by atoms with Gasteiger partial charge in [0.2, 0.25) is 6.10 Å². The predicted octanol–water partition coefficient (Wildman–Crippen LogP) is 4.56. The highest BCUT2D eigenvalue weighted by Gasteiger charge is 2.25. The molecule has 1 aromatic heterocycles. The molecule has 10 nitrogen and oxygen atoms in total. The Bertz CT molecular complexity index is 1540. The summed E-state index contributed by atoms with van der Waals surface area (Å²) in [6.45, 7) is 1.55. The number of nitrogens with zero attached hydrogens (tertiary/aromatic N) is 1. The quantitative estimate of drug-likeness (QED) is 0.287. The van der Waals surface area contributed by atoms with E-state index in [9.17, 15) is 18.0 Å². The Kier molecular flexibility index (Phi) is 7.83. The van der Waals surface area contributed by atoms with Crippen molar-refractivity contribution in [3.8, 4) is 17.2 Å². The molecule has 0 spiro atoms. The number of sulfone groups is 1. The second-order valence-corrected chi connectivity index (χ2v) is 11.3. The van der Waals surface area contributed by atoms with Crippen molar-refractivity contribution in [1.29, 1.82) is 0 Å². The summed E-state index contributed by atoms with van der Waals surface area (Å²) in [6.07, 6.45) is -1.19. The number of amides is 1. The summed E-state index contributed by atoms with van der Waals surface area (Å²) in [6, 6.07) is 14.9. The lowest BCUT2D eigenvalue weighted by molar-refractivity contribution is -0.123. The van der Waals surface area contributed by atoms with E-state index in [1.807, 2.05) is 0 Å². The van der Waals surface area contributed by atoms with E-state index in [4.69, 9.17) is 19.3 Å². The van der Waals surface area contributed by atoms with Crippen molar-refractivity contribution in [2.75, 3.05) is 25.3 Å². The Labute approximate surface area is 222 Å². The fourth-order valence-corrected chi connectivity index (χ4v) is 5.34. The smallest absolute Gasteiger partial charge is 0.335 e. The standard InChI is InChI=1S/C26H24N2O8S2/c1-4-38(32,33)18-11-7-15(8-12-18)23(36-17-9-5-16(6-10-17)25(30)31)24(29)28-26-27-19-13-20(34-2)21(35-3)14-22(19)37-26/h5-14,23H,4H2,1-3H3,(H,30,31)(H,27,28,29). The van der Waals surface area contributed by atoms with Crippen LogP contribution in [0.15, 0.2) is 65.6 Å². The molecule has 0 bridgehead atoms. The van der Waals surface area contributed by atoms with E-state index in [2.05, 4.69) is 10.3 Å². The van der Waals surface area contributed by atoms with Crippen LogP contribution in [0.25, 0.3) is 10.2 Å². The van der Waals surface area contributed by atoms with Crippen molar-refractivity contribution in [3.05, 3.63) is 71.8 Å². The van der Waals surface area contributed by atoms with Gasteiger partial charge in [-0.2, -0.15) is 0 Å². The molecule has 1 amide bonds. The molecule has 38 heavy (non-hydrogen) atoms. The van der Waals surface area contributed by atoms with Crippen LogP contribution in [0.3, 0.4) is 0 Å². The summed E-state index contributed by atoms with van der Waals surface area (Å²) in [5.74, 6) is -0.445. The molecule has 4 rings (SSSR count). The van der Waals surface area contributed by atoms with Gasteiger partial charge in [-0.05, 0) is 36.4 Å². The summed E-state index contributed by atoms with van der Waals surface area (Å²) in [7, 11) is -0.396. The fraction of sp³-hybridized carbons (Fsp3) is 0.192. The Morgan fingerprint density at radius 3 is 2.21 bits per heavy atom. The molecule has 0 aliphatic heterocycles. The molecule has 198 valence electrons. The molecule has 0 saturated carbocycles. The molecule has 1 unspecified atom stereocenters. The zero-order valence-corrected chi connectivity index (χ0v) is 22.3. The van der Waals surface area contributed by atoms with E-state index < -0.39 is 27.8 Å². The number of hydrogen-bond acceptors (Lipinski definition) is 9. The van der Waals surface area contributed by atoms with Crippen molar-refractivity contribution in [3.63, 3.8) is 0 Å². The molecule has 0 radical (unpaired) electrons. The lowest BCUT2D eigenvalue weighted by Crippen LogP contribution is -2.25. The average molecular weight is 557 g/mol. The number of aromatic carboxylic acids is 1. The third kappa shape index (κ3) is 5.71. The first-order chi connectivity index (χ1) is 18.1. The maximum absolute atomic E-state index is 13.4. The van der Waals surface area contributed by atoms with Crippen LogP contribution in [-0.4, -0.2) is 50.4 Å². The highest BCUT2D eigenvalue weighted by molar-refractivity contribution is 7.91. The monoisotopic (exact) mass is 556 g/mol. The van der Waals surface area contributed by atoms with E-state index in [-0.39, 0.29) is 22.0 Å². The minimum absolute atomic E-state index is 0.0597. The molecule has 0 aliphatic rings. The summed E-state index contributed by atoms with van der Waals surface area (Å²) in [4.78, 5) is 29.2. The summed E-state index contributed by atoms with van der Waals surface area (Å²) in [5, 5.41) is 12.2. The SMILES string of the molecule is CCS(=O)(=O)c1ccc(C(Oc2ccc(C(=O)O)cc2)C(=O)Nc2nc3cc(OC)c(OC)cc3s2)cc1. The first-order valence-electron chi connectivity index (χ1n) is 11.3. The topological polar surface area (TPSA) is 141 Å². The van der Waals surface area contributed by atoms with Crippen molar-refractivity contribution in [2.24, 2.45) is 0 Å². The van der Waals surface area contributed by atoms with Crippen LogP contribution in [0.4, 0.5) is 5.13 Å². The number of benzene rings is 3. The van der Waals surface area contributed by atoms with Gasteiger partial charge >= 0.3 is 5.97 Å². The van der Waals surface area contributed by atoms with Crippen LogP contribution in [0.5, 0.6) is 17.2 Å². The molecule has 1 heterocycles. The van der Waals surface area contributed by atoms with Crippen LogP contribution < -0.4 is 19.5 Å². The third-order valence-corrected chi connectivity index (χ3v) is 8.32. The number of carboxylic acids is 1. The van der Waals surface area contributed by atoms with Crippen LogP contribution in [0, 0.1) is 0 Å². The molecule has 0 fully saturated rings.